The number of hydrogen-bond donors (Lipinski definition) is 1. The number of hydrogen-bond acceptors (Lipinski definition) is 2. The second-order valence-corrected chi connectivity index (χ2v) is 5.53. The first kappa shape index (κ1) is 14.0. The van der Waals surface area contributed by atoms with E-state index in [4.69, 9.17) is 0 Å². The van der Waals surface area contributed by atoms with Gasteiger partial charge < -0.3 is 10.0 Å². The van der Waals surface area contributed by atoms with Crippen LogP contribution < -0.4 is 0 Å². The third-order valence-corrected chi connectivity index (χ3v) is 3.44. The number of carbonyl (C=O) groups excluding carboxylic acids is 1. The van der Waals surface area contributed by atoms with Gasteiger partial charge in [-0.15, -0.1) is 0 Å². The molecule has 98 valence electrons. The molecule has 0 aromatic rings. The molecule has 1 amide bonds. The molecule has 1 aliphatic heterocycles. The normalized spacial score (nSPS) is 21.2. The molecule has 0 spiro atoms. The third-order valence-electron chi connectivity index (χ3n) is 3.44. The van der Waals surface area contributed by atoms with E-state index in [1.807, 2.05) is 13.8 Å². The lowest BCUT2D eigenvalue weighted by molar-refractivity contribution is -0.159. The van der Waals surface area contributed by atoms with Crippen LogP contribution in [0.15, 0.2) is 0 Å². The summed E-state index contributed by atoms with van der Waals surface area (Å²) in [4.78, 5) is 25.1. The maximum atomic E-state index is 12.0. The Kier molecular flexibility index (Phi) is 4.54. The Bertz CT molecular complexity index is 301. The highest BCUT2D eigenvalue weighted by molar-refractivity contribution is 5.86. The maximum Gasteiger partial charge on any atom is 0.329 e. The molecule has 1 N–H and O–H groups in total. The number of likely N-dealkylation sites (tertiary alicyclic amines) is 1. The summed E-state index contributed by atoms with van der Waals surface area (Å²) in [5, 5.41) is 9.45. The topological polar surface area (TPSA) is 57.6 Å². The molecule has 1 rings (SSSR count). The highest BCUT2D eigenvalue weighted by Gasteiger charge is 2.42. The predicted octanol–water partition coefficient (Wildman–Crippen LogP) is 2.28. The first-order valence-electron chi connectivity index (χ1n) is 6.42. The quantitative estimate of drug-likeness (QED) is 0.821. The zero-order chi connectivity index (χ0) is 13.1. The molecule has 0 radical (unpaired) electrons. The molecule has 1 fully saturated rings. The van der Waals surface area contributed by atoms with Crippen molar-refractivity contribution < 1.29 is 14.7 Å². The minimum atomic E-state index is -1.05. The first-order valence-corrected chi connectivity index (χ1v) is 6.42. The number of amides is 1. The summed E-state index contributed by atoms with van der Waals surface area (Å²) in [6.45, 7) is 6.24. The Balaban J connectivity index is 2.95. The second-order valence-electron chi connectivity index (χ2n) is 5.53. The van der Waals surface area contributed by atoms with Crippen molar-refractivity contribution in [2.75, 3.05) is 6.54 Å². The summed E-state index contributed by atoms with van der Waals surface area (Å²) in [5.41, 5.74) is -1.05. The van der Waals surface area contributed by atoms with Gasteiger partial charge in [0.25, 0.3) is 0 Å². The minimum Gasteiger partial charge on any atom is -0.480 e. The number of nitrogens with zero attached hydrogens (tertiary/aromatic N) is 1. The molecule has 1 unspecified atom stereocenters. The Morgan fingerprint density at radius 2 is 2.06 bits per heavy atom. The number of carboxylic acid groups (broad SMARTS) is 1. The fourth-order valence-electron chi connectivity index (χ4n) is 2.61. The van der Waals surface area contributed by atoms with E-state index in [2.05, 4.69) is 0 Å². The Labute approximate surface area is 103 Å². The summed E-state index contributed by atoms with van der Waals surface area (Å²) < 4.78 is 0. The van der Waals surface area contributed by atoms with Crippen LogP contribution in [-0.2, 0) is 9.59 Å². The summed E-state index contributed by atoms with van der Waals surface area (Å²) in [5.74, 6) is -0.637. The monoisotopic (exact) mass is 241 g/mol. The average Bonchev–Trinajstić information content (AvgIpc) is 2.41. The van der Waals surface area contributed by atoms with Crippen molar-refractivity contribution in [3.8, 4) is 0 Å². The fraction of sp³-hybridized carbons (Fsp3) is 0.846. The van der Waals surface area contributed by atoms with Gasteiger partial charge in [-0.05, 0) is 32.1 Å². The molecule has 0 aliphatic carbocycles. The van der Waals surface area contributed by atoms with E-state index in [9.17, 15) is 14.7 Å². The van der Waals surface area contributed by atoms with Crippen LogP contribution in [0.1, 0.15) is 52.9 Å². The third kappa shape index (κ3) is 3.20. The maximum absolute atomic E-state index is 12.0. The predicted molar refractivity (Wildman–Crippen MR) is 65.7 cm³/mol. The first-order chi connectivity index (χ1) is 7.88. The van der Waals surface area contributed by atoms with E-state index in [0.717, 1.165) is 19.3 Å². The van der Waals surface area contributed by atoms with Gasteiger partial charge >= 0.3 is 5.97 Å². The Hall–Kier alpha value is -1.06. The SMILES string of the molecule is CC(C)CC(C)(C(=O)O)N1CCCCCC1=O. The molecule has 1 atom stereocenters. The van der Waals surface area contributed by atoms with Crippen molar-refractivity contribution >= 4 is 11.9 Å². The van der Waals surface area contributed by atoms with Crippen LogP contribution >= 0.6 is 0 Å². The van der Waals surface area contributed by atoms with Crippen LogP contribution in [0.25, 0.3) is 0 Å². The number of rotatable bonds is 4. The molecule has 0 aromatic carbocycles. The summed E-state index contributed by atoms with van der Waals surface area (Å²) in [6, 6.07) is 0. The van der Waals surface area contributed by atoms with Crippen molar-refractivity contribution in [3.63, 3.8) is 0 Å². The molecule has 17 heavy (non-hydrogen) atoms. The van der Waals surface area contributed by atoms with Gasteiger partial charge in [0.15, 0.2) is 0 Å². The van der Waals surface area contributed by atoms with Crippen molar-refractivity contribution in [1.29, 1.82) is 0 Å². The lowest BCUT2D eigenvalue weighted by atomic mass is 9.88. The van der Waals surface area contributed by atoms with Gasteiger partial charge in [0.05, 0.1) is 0 Å². The van der Waals surface area contributed by atoms with E-state index in [1.165, 1.54) is 0 Å². The summed E-state index contributed by atoms with van der Waals surface area (Å²) in [6.07, 6.45) is 3.80. The second kappa shape index (κ2) is 5.52. The van der Waals surface area contributed by atoms with Gasteiger partial charge in [0, 0.05) is 13.0 Å². The molecule has 1 heterocycles. The molecule has 0 aromatic heterocycles. The molecular weight excluding hydrogens is 218 g/mol. The van der Waals surface area contributed by atoms with E-state index in [1.54, 1.807) is 11.8 Å². The Morgan fingerprint density at radius 3 is 2.59 bits per heavy atom. The van der Waals surface area contributed by atoms with Crippen LogP contribution in [0, 0.1) is 5.92 Å². The number of carbonyl (C=O) groups is 2. The van der Waals surface area contributed by atoms with Crippen LogP contribution in [0.5, 0.6) is 0 Å². The van der Waals surface area contributed by atoms with E-state index in [0.29, 0.717) is 19.4 Å². The molecule has 4 nitrogen and oxygen atoms in total. The highest BCUT2D eigenvalue weighted by Crippen LogP contribution is 2.28. The van der Waals surface area contributed by atoms with Crippen molar-refractivity contribution in [3.05, 3.63) is 0 Å². The summed E-state index contributed by atoms with van der Waals surface area (Å²) in [7, 11) is 0. The molecule has 1 saturated heterocycles. The van der Waals surface area contributed by atoms with Crippen LogP contribution in [-0.4, -0.2) is 34.0 Å². The highest BCUT2D eigenvalue weighted by atomic mass is 16.4. The lowest BCUT2D eigenvalue weighted by Crippen LogP contribution is -2.55. The van der Waals surface area contributed by atoms with Gasteiger partial charge in [-0.25, -0.2) is 4.79 Å². The molecule has 0 saturated carbocycles. The van der Waals surface area contributed by atoms with Crippen molar-refractivity contribution in [2.24, 2.45) is 5.92 Å². The number of carboxylic acids is 1. The van der Waals surface area contributed by atoms with E-state index >= 15 is 0 Å². The van der Waals surface area contributed by atoms with Gasteiger partial charge in [-0.2, -0.15) is 0 Å². The van der Waals surface area contributed by atoms with Gasteiger partial charge in [-0.1, -0.05) is 20.3 Å². The average molecular weight is 241 g/mol. The molecule has 1 aliphatic rings. The van der Waals surface area contributed by atoms with E-state index in [-0.39, 0.29) is 11.8 Å². The van der Waals surface area contributed by atoms with Gasteiger partial charge in [-0.3, -0.25) is 4.79 Å². The van der Waals surface area contributed by atoms with Crippen LogP contribution in [0.3, 0.4) is 0 Å². The largest absolute Gasteiger partial charge is 0.480 e. The zero-order valence-corrected chi connectivity index (χ0v) is 11.0. The molecule has 0 bridgehead atoms. The van der Waals surface area contributed by atoms with Crippen LogP contribution in [0.2, 0.25) is 0 Å². The fourth-order valence-corrected chi connectivity index (χ4v) is 2.61. The van der Waals surface area contributed by atoms with Crippen molar-refractivity contribution in [2.45, 2.75) is 58.4 Å². The van der Waals surface area contributed by atoms with E-state index < -0.39 is 11.5 Å². The molecule has 4 heteroatoms. The Morgan fingerprint density at radius 1 is 1.41 bits per heavy atom. The lowest BCUT2D eigenvalue weighted by Gasteiger charge is -2.38. The minimum absolute atomic E-state index is 0.00644. The summed E-state index contributed by atoms with van der Waals surface area (Å²) >= 11 is 0. The smallest absolute Gasteiger partial charge is 0.329 e. The zero-order valence-electron chi connectivity index (χ0n) is 11.0. The molecular formula is C13H23NO3. The van der Waals surface area contributed by atoms with Gasteiger partial charge in [0.1, 0.15) is 5.54 Å². The number of aliphatic carboxylic acids is 1. The van der Waals surface area contributed by atoms with Crippen LogP contribution in [0.4, 0.5) is 0 Å². The van der Waals surface area contributed by atoms with Gasteiger partial charge in [0.2, 0.25) is 5.91 Å². The van der Waals surface area contributed by atoms with Crippen molar-refractivity contribution in [1.82, 2.24) is 4.90 Å². The standard InChI is InChI=1S/C13H23NO3/c1-10(2)9-13(3,12(16)17)14-8-6-4-5-7-11(14)15/h10H,4-9H2,1-3H3,(H,16,17).